The third-order valence-electron chi connectivity index (χ3n) is 2.94. The van der Waals surface area contributed by atoms with E-state index in [4.69, 9.17) is 9.47 Å². The fourth-order valence-electron chi connectivity index (χ4n) is 2.00. The first kappa shape index (κ1) is 7.25. The number of hydrogen-bond donors (Lipinski definition) is 0. The maximum absolute atomic E-state index is 5.46. The summed E-state index contributed by atoms with van der Waals surface area (Å²) in [6, 6.07) is 6.18. The molecular formula is C11H12O2. The van der Waals surface area contributed by atoms with Gasteiger partial charge < -0.3 is 9.47 Å². The highest BCUT2D eigenvalue weighted by Gasteiger charge is 2.37. The lowest BCUT2D eigenvalue weighted by Gasteiger charge is -2.03. The highest BCUT2D eigenvalue weighted by molar-refractivity contribution is 5.51. The van der Waals surface area contributed by atoms with E-state index in [1.807, 2.05) is 12.1 Å². The molecule has 2 atom stereocenters. The van der Waals surface area contributed by atoms with Crippen molar-refractivity contribution in [1.29, 1.82) is 0 Å². The van der Waals surface area contributed by atoms with Crippen LogP contribution in [0.2, 0.25) is 0 Å². The maximum Gasteiger partial charge on any atom is 0.231 e. The van der Waals surface area contributed by atoms with E-state index in [-0.39, 0.29) is 0 Å². The molecule has 0 aromatic heterocycles. The molecule has 2 aliphatic rings. The Kier molecular flexibility index (Phi) is 1.34. The topological polar surface area (TPSA) is 18.5 Å². The Morgan fingerprint density at radius 2 is 2.15 bits per heavy atom. The van der Waals surface area contributed by atoms with Gasteiger partial charge in [-0.05, 0) is 24.3 Å². The van der Waals surface area contributed by atoms with Crippen LogP contribution in [0.5, 0.6) is 11.5 Å². The van der Waals surface area contributed by atoms with Crippen LogP contribution >= 0.6 is 0 Å². The molecule has 13 heavy (non-hydrogen) atoms. The first-order valence-electron chi connectivity index (χ1n) is 4.75. The predicted octanol–water partition coefficient (Wildman–Crippen LogP) is 2.54. The van der Waals surface area contributed by atoms with E-state index in [0.29, 0.717) is 12.7 Å². The molecule has 2 unspecified atom stereocenters. The van der Waals surface area contributed by atoms with Crippen LogP contribution < -0.4 is 9.47 Å². The predicted molar refractivity (Wildman–Crippen MR) is 49.1 cm³/mol. The second-order valence-electron chi connectivity index (χ2n) is 3.90. The van der Waals surface area contributed by atoms with Gasteiger partial charge in [0.05, 0.1) is 0 Å². The molecule has 1 aromatic rings. The third-order valence-corrected chi connectivity index (χ3v) is 2.94. The summed E-state index contributed by atoms with van der Waals surface area (Å²) in [5.74, 6) is 3.42. The van der Waals surface area contributed by atoms with Crippen molar-refractivity contribution in [2.45, 2.75) is 19.3 Å². The van der Waals surface area contributed by atoms with Crippen molar-refractivity contribution in [2.24, 2.45) is 5.92 Å². The fraction of sp³-hybridized carbons (Fsp3) is 0.455. The molecule has 0 amide bonds. The van der Waals surface area contributed by atoms with Crippen molar-refractivity contribution in [3.05, 3.63) is 23.8 Å². The minimum Gasteiger partial charge on any atom is -0.454 e. The van der Waals surface area contributed by atoms with E-state index >= 15 is 0 Å². The van der Waals surface area contributed by atoms with Gasteiger partial charge >= 0.3 is 0 Å². The molecule has 2 heteroatoms. The van der Waals surface area contributed by atoms with Crippen LogP contribution in [0.1, 0.15) is 24.8 Å². The monoisotopic (exact) mass is 176 g/mol. The smallest absolute Gasteiger partial charge is 0.231 e. The van der Waals surface area contributed by atoms with E-state index in [2.05, 4.69) is 13.0 Å². The normalized spacial score (nSPS) is 29.0. The lowest BCUT2D eigenvalue weighted by molar-refractivity contribution is 0.173. The molecule has 68 valence electrons. The molecule has 1 aliphatic carbocycles. The van der Waals surface area contributed by atoms with Crippen LogP contribution in [0.15, 0.2) is 18.2 Å². The summed E-state index contributed by atoms with van der Waals surface area (Å²) >= 11 is 0. The average Bonchev–Trinajstić information content (AvgIpc) is 2.66. The Morgan fingerprint density at radius 3 is 2.92 bits per heavy atom. The number of ether oxygens (including phenoxy) is 2. The van der Waals surface area contributed by atoms with Gasteiger partial charge in [0.15, 0.2) is 11.5 Å². The molecule has 0 bridgehead atoms. The zero-order chi connectivity index (χ0) is 8.84. The summed E-state index contributed by atoms with van der Waals surface area (Å²) < 4.78 is 10.8. The molecule has 2 nitrogen and oxygen atoms in total. The highest BCUT2D eigenvalue weighted by atomic mass is 16.7. The molecule has 0 radical (unpaired) electrons. The van der Waals surface area contributed by atoms with Crippen LogP contribution in [0.25, 0.3) is 0 Å². The Labute approximate surface area is 77.5 Å². The molecule has 0 spiro atoms. The quantitative estimate of drug-likeness (QED) is 0.654. The van der Waals surface area contributed by atoms with Gasteiger partial charge in [-0.25, -0.2) is 0 Å². The van der Waals surface area contributed by atoms with E-state index in [9.17, 15) is 0 Å². The molecule has 3 rings (SSSR count). The van der Waals surface area contributed by atoms with Crippen molar-refractivity contribution in [3.63, 3.8) is 0 Å². The van der Waals surface area contributed by atoms with Gasteiger partial charge in [0.1, 0.15) is 0 Å². The number of fused-ring (bicyclic) bond motifs is 1. The lowest BCUT2D eigenvalue weighted by Crippen LogP contribution is -1.94. The highest BCUT2D eigenvalue weighted by Crippen LogP contribution is 2.52. The Bertz CT molecular complexity index is 346. The van der Waals surface area contributed by atoms with Crippen LogP contribution in [-0.4, -0.2) is 6.79 Å². The zero-order valence-corrected chi connectivity index (χ0v) is 7.62. The second-order valence-corrected chi connectivity index (χ2v) is 3.90. The summed E-state index contributed by atoms with van der Waals surface area (Å²) in [5.41, 5.74) is 1.34. The van der Waals surface area contributed by atoms with Gasteiger partial charge in [-0.15, -0.1) is 0 Å². The van der Waals surface area contributed by atoms with Crippen molar-refractivity contribution in [2.75, 3.05) is 6.79 Å². The minimum absolute atomic E-state index is 0.382. The van der Waals surface area contributed by atoms with Gasteiger partial charge in [-0.2, -0.15) is 0 Å². The van der Waals surface area contributed by atoms with E-state index in [0.717, 1.165) is 17.4 Å². The molecule has 0 saturated heterocycles. The van der Waals surface area contributed by atoms with Crippen LogP contribution in [-0.2, 0) is 0 Å². The molecule has 1 fully saturated rings. The van der Waals surface area contributed by atoms with Gasteiger partial charge in [-0.1, -0.05) is 19.1 Å². The summed E-state index contributed by atoms with van der Waals surface area (Å²) in [6.45, 7) is 2.66. The molecule has 1 saturated carbocycles. The van der Waals surface area contributed by atoms with Gasteiger partial charge in [0.25, 0.3) is 0 Å². The SMILES string of the molecule is CC1CC1c1cccc2c1OCO2. The minimum atomic E-state index is 0.382. The molecule has 1 aliphatic heterocycles. The van der Waals surface area contributed by atoms with Crippen molar-refractivity contribution in [3.8, 4) is 11.5 Å². The largest absolute Gasteiger partial charge is 0.454 e. The van der Waals surface area contributed by atoms with Crippen LogP contribution in [0.3, 0.4) is 0 Å². The average molecular weight is 176 g/mol. The van der Waals surface area contributed by atoms with Gasteiger partial charge in [0, 0.05) is 5.56 Å². The zero-order valence-electron chi connectivity index (χ0n) is 7.62. The Hall–Kier alpha value is -1.18. The lowest BCUT2D eigenvalue weighted by atomic mass is 10.1. The summed E-state index contributed by atoms with van der Waals surface area (Å²) in [6.07, 6.45) is 1.29. The molecular weight excluding hydrogens is 164 g/mol. The molecule has 1 aromatic carbocycles. The van der Waals surface area contributed by atoms with Gasteiger partial charge in [-0.3, -0.25) is 0 Å². The molecule has 1 heterocycles. The van der Waals surface area contributed by atoms with Crippen molar-refractivity contribution >= 4 is 0 Å². The number of rotatable bonds is 1. The Balaban J connectivity index is 2.05. The second kappa shape index (κ2) is 2.41. The van der Waals surface area contributed by atoms with Crippen LogP contribution in [0.4, 0.5) is 0 Å². The molecule has 0 N–H and O–H groups in total. The first-order chi connectivity index (χ1) is 6.36. The first-order valence-corrected chi connectivity index (χ1v) is 4.75. The summed E-state index contributed by atoms with van der Waals surface area (Å²) in [4.78, 5) is 0. The van der Waals surface area contributed by atoms with Crippen molar-refractivity contribution < 1.29 is 9.47 Å². The maximum atomic E-state index is 5.46. The van der Waals surface area contributed by atoms with E-state index < -0.39 is 0 Å². The van der Waals surface area contributed by atoms with Gasteiger partial charge in [0.2, 0.25) is 6.79 Å². The fourth-order valence-corrected chi connectivity index (χ4v) is 2.00. The summed E-state index contributed by atoms with van der Waals surface area (Å²) in [5, 5.41) is 0. The standard InChI is InChI=1S/C11H12O2/c1-7-5-9(7)8-3-2-4-10-11(8)13-6-12-10/h2-4,7,9H,5-6H2,1H3. The number of para-hydroxylation sites is 1. The van der Waals surface area contributed by atoms with Crippen LogP contribution in [0, 0.1) is 5.92 Å². The number of benzene rings is 1. The van der Waals surface area contributed by atoms with Crippen molar-refractivity contribution in [1.82, 2.24) is 0 Å². The summed E-state index contributed by atoms with van der Waals surface area (Å²) in [7, 11) is 0. The van der Waals surface area contributed by atoms with E-state index in [1.165, 1.54) is 12.0 Å². The number of hydrogen-bond acceptors (Lipinski definition) is 2. The van der Waals surface area contributed by atoms with E-state index in [1.54, 1.807) is 0 Å². The Morgan fingerprint density at radius 1 is 1.31 bits per heavy atom. The third kappa shape index (κ3) is 1.01.